The number of hydrogen-bond donors (Lipinski definition) is 2. The second kappa shape index (κ2) is 10.2. The number of carbonyl (C=O) groups excluding carboxylic acids is 1. The molecule has 1 aliphatic carbocycles. The fraction of sp³-hybridized carbons (Fsp3) is 0.500. The molecule has 5 rings (SSSR count). The third-order valence-electron chi connectivity index (χ3n) is 7.19. The van der Waals surface area contributed by atoms with Crippen LogP contribution >= 0.6 is 0 Å². The molecule has 1 saturated heterocycles. The van der Waals surface area contributed by atoms with E-state index in [1.807, 2.05) is 46.0 Å². The molecule has 1 aliphatic heterocycles. The molecule has 1 aromatic carbocycles. The first-order valence-corrected chi connectivity index (χ1v) is 13.2. The largest absolute Gasteiger partial charge is 0.495 e. The number of fused-ring (bicyclic) bond motifs is 1. The summed E-state index contributed by atoms with van der Waals surface area (Å²) >= 11 is 0. The number of benzene rings is 1. The minimum absolute atomic E-state index is 0.257. The van der Waals surface area contributed by atoms with Crippen molar-refractivity contribution in [3.8, 4) is 5.75 Å². The Balaban J connectivity index is 1.37. The third kappa shape index (κ3) is 5.54. The molecule has 2 N–H and O–H groups in total. The van der Waals surface area contributed by atoms with Crippen LogP contribution in [0.25, 0.3) is 10.8 Å². The Morgan fingerprint density at radius 2 is 1.89 bits per heavy atom. The molecule has 3 aromatic rings. The van der Waals surface area contributed by atoms with Gasteiger partial charge in [0.1, 0.15) is 23.0 Å². The Hall–Kier alpha value is -3.82. The molecule has 1 saturated carbocycles. The van der Waals surface area contributed by atoms with Crippen molar-refractivity contribution < 1.29 is 14.3 Å². The molecular weight excluding hydrogens is 484 g/mol. The van der Waals surface area contributed by atoms with Crippen LogP contribution in [0.4, 0.5) is 22.1 Å². The maximum Gasteiger partial charge on any atom is 0.410 e. The molecule has 0 bridgehead atoms. The lowest BCUT2D eigenvalue weighted by atomic mass is 9.89. The molecule has 202 valence electrons. The van der Waals surface area contributed by atoms with Gasteiger partial charge in [-0.05, 0) is 76.1 Å². The monoisotopic (exact) mass is 520 g/mol. The minimum Gasteiger partial charge on any atom is -0.495 e. The van der Waals surface area contributed by atoms with E-state index in [-0.39, 0.29) is 11.7 Å². The average molecular weight is 521 g/mol. The topological polar surface area (TPSA) is 113 Å². The lowest BCUT2D eigenvalue weighted by Gasteiger charge is -2.33. The van der Waals surface area contributed by atoms with Crippen molar-refractivity contribution in [2.75, 3.05) is 37.5 Å². The van der Waals surface area contributed by atoms with E-state index in [0.717, 1.165) is 48.1 Å². The second-order valence-corrected chi connectivity index (χ2v) is 11.2. The van der Waals surface area contributed by atoms with Gasteiger partial charge in [-0.1, -0.05) is 6.07 Å². The molecular formula is C28H36N6O4. The smallest absolute Gasteiger partial charge is 0.410 e. The SMILES string of the molecule is COc1cc(C2CCN(C(=O)OC(C)(C)C)CC2)ccc1Nc1nc(N(C)C2CC2)cc2cn[nH]c(=O)c12. The number of hydrogen-bond acceptors (Lipinski definition) is 8. The van der Waals surface area contributed by atoms with Gasteiger partial charge in [0.15, 0.2) is 0 Å². The molecule has 3 heterocycles. The van der Waals surface area contributed by atoms with Crippen LogP contribution in [0.15, 0.2) is 35.3 Å². The maximum atomic E-state index is 12.7. The van der Waals surface area contributed by atoms with Gasteiger partial charge in [-0.25, -0.2) is 14.9 Å². The van der Waals surface area contributed by atoms with E-state index < -0.39 is 5.60 Å². The number of ether oxygens (including phenoxy) is 2. The summed E-state index contributed by atoms with van der Waals surface area (Å²) in [4.78, 5) is 33.9. The van der Waals surface area contributed by atoms with Gasteiger partial charge in [-0.15, -0.1) is 0 Å². The first-order chi connectivity index (χ1) is 18.1. The van der Waals surface area contributed by atoms with Crippen molar-refractivity contribution in [2.24, 2.45) is 0 Å². The van der Waals surface area contributed by atoms with Crippen molar-refractivity contribution in [1.29, 1.82) is 0 Å². The molecule has 0 atom stereocenters. The number of H-pyrrole nitrogens is 1. The average Bonchev–Trinajstić information content (AvgIpc) is 3.73. The quantitative estimate of drug-likeness (QED) is 0.477. The number of anilines is 3. The maximum absolute atomic E-state index is 12.7. The number of aromatic amines is 1. The van der Waals surface area contributed by atoms with Crippen LogP contribution in [0.2, 0.25) is 0 Å². The Kier molecular flexibility index (Phi) is 6.90. The summed E-state index contributed by atoms with van der Waals surface area (Å²) in [5, 5.41) is 11.0. The molecule has 10 nitrogen and oxygen atoms in total. The van der Waals surface area contributed by atoms with Crippen molar-refractivity contribution in [2.45, 2.75) is 64.0 Å². The number of pyridine rings is 1. The van der Waals surface area contributed by atoms with Crippen molar-refractivity contribution in [1.82, 2.24) is 20.1 Å². The Morgan fingerprint density at radius 1 is 1.16 bits per heavy atom. The number of aromatic nitrogens is 3. The normalized spacial score (nSPS) is 16.4. The number of piperidine rings is 1. The van der Waals surface area contributed by atoms with Crippen LogP contribution < -0.4 is 20.5 Å². The third-order valence-corrected chi connectivity index (χ3v) is 7.19. The van der Waals surface area contributed by atoms with Gasteiger partial charge in [0.2, 0.25) is 0 Å². The predicted molar refractivity (Wildman–Crippen MR) is 148 cm³/mol. The zero-order valence-electron chi connectivity index (χ0n) is 22.7. The lowest BCUT2D eigenvalue weighted by molar-refractivity contribution is 0.0205. The highest BCUT2D eigenvalue weighted by atomic mass is 16.6. The number of methoxy groups -OCH3 is 1. The number of amides is 1. The zero-order chi connectivity index (χ0) is 27.0. The standard InChI is InChI=1S/C28H36N6O4/c1-28(2,3)38-27(36)34-12-10-17(11-13-34)18-6-9-21(22(14-18)37-5)30-25-24-19(16-29-32-26(24)35)15-23(31-25)33(4)20-7-8-20/h6,9,14-17,20H,7-8,10-13H2,1-5H3,(H,30,31)(H,32,35). The lowest BCUT2D eigenvalue weighted by Crippen LogP contribution is -2.41. The van der Waals surface area contributed by atoms with Gasteiger partial charge in [0, 0.05) is 31.6 Å². The van der Waals surface area contributed by atoms with Crippen molar-refractivity contribution in [3.05, 3.63) is 46.4 Å². The van der Waals surface area contributed by atoms with E-state index in [1.165, 1.54) is 0 Å². The van der Waals surface area contributed by atoms with Crippen LogP contribution in [-0.4, -0.2) is 65.1 Å². The van der Waals surface area contributed by atoms with Gasteiger partial charge in [0.25, 0.3) is 5.56 Å². The molecule has 10 heteroatoms. The Labute approximate surface area is 222 Å². The van der Waals surface area contributed by atoms with E-state index >= 15 is 0 Å². The summed E-state index contributed by atoms with van der Waals surface area (Å²) in [5.74, 6) is 2.23. The van der Waals surface area contributed by atoms with E-state index in [0.29, 0.717) is 42.0 Å². The second-order valence-electron chi connectivity index (χ2n) is 11.2. The van der Waals surface area contributed by atoms with Crippen molar-refractivity contribution in [3.63, 3.8) is 0 Å². The molecule has 2 aromatic heterocycles. The van der Waals surface area contributed by atoms with E-state index in [9.17, 15) is 9.59 Å². The van der Waals surface area contributed by atoms with E-state index in [4.69, 9.17) is 14.5 Å². The fourth-order valence-corrected chi connectivity index (χ4v) is 4.94. The van der Waals surface area contributed by atoms with Crippen LogP contribution in [0.5, 0.6) is 5.75 Å². The Bertz CT molecular complexity index is 1390. The first-order valence-electron chi connectivity index (χ1n) is 13.2. The van der Waals surface area contributed by atoms with Gasteiger partial charge in [0.05, 0.1) is 24.4 Å². The predicted octanol–water partition coefficient (Wildman–Crippen LogP) is 4.78. The fourth-order valence-electron chi connectivity index (χ4n) is 4.94. The van der Waals surface area contributed by atoms with Gasteiger partial charge >= 0.3 is 6.09 Å². The molecule has 38 heavy (non-hydrogen) atoms. The van der Waals surface area contributed by atoms with Crippen LogP contribution in [0.1, 0.15) is 57.9 Å². The number of nitrogens with one attached hydrogen (secondary N) is 2. The summed E-state index contributed by atoms with van der Waals surface area (Å²) in [5.41, 5.74) is 1.07. The summed E-state index contributed by atoms with van der Waals surface area (Å²) < 4.78 is 11.3. The van der Waals surface area contributed by atoms with Crippen LogP contribution in [0.3, 0.4) is 0 Å². The highest BCUT2D eigenvalue weighted by molar-refractivity contribution is 5.94. The van der Waals surface area contributed by atoms with Crippen molar-refractivity contribution >= 4 is 34.2 Å². The minimum atomic E-state index is -0.501. The summed E-state index contributed by atoms with van der Waals surface area (Å²) in [6.45, 7) is 6.94. The molecule has 2 aliphatic rings. The van der Waals surface area contributed by atoms with Gasteiger partial charge in [-0.3, -0.25) is 4.79 Å². The van der Waals surface area contributed by atoms with Crippen LogP contribution in [-0.2, 0) is 4.74 Å². The molecule has 2 fully saturated rings. The van der Waals surface area contributed by atoms with Gasteiger partial charge < -0.3 is 24.6 Å². The Morgan fingerprint density at radius 3 is 2.55 bits per heavy atom. The molecule has 1 amide bonds. The number of rotatable bonds is 6. The van der Waals surface area contributed by atoms with Gasteiger partial charge in [-0.2, -0.15) is 5.10 Å². The zero-order valence-corrected chi connectivity index (χ0v) is 22.7. The summed E-state index contributed by atoms with van der Waals surface area (Å²) in [6, 6.07) is 8.45. The molecule has 0 unspecified atom stereocenters. The highest BCUT2D eigenvalue weighted by Gasteiger charge is 2.29. The van der Waals surface area contributed by atoms with E-state index in [2.05, 4.69) is 26.5 Å². The molecule has 0 spiro atoms. The molecule has 0 radical (unpaired) electrons. The summed E-state index contributed by atoms with van der Waals surface area (Å²) in [6.07, 6.45) is 5.36. The number of nitrogens with zero attached hydrogens (tertiary/aromatic N) is 4. The highest BCUT2D eigenvalue weighted by Crippen LogP contribution is 2.37. The van der Waals surface area contributed by atoms with E-state index in [1.54, 1.807) is 18.2 Å². The number of carbonyl (C=O) groups is 1. The van der Waals surface area contributed by atoms with Crippen LogP contribution in [0, 0.1) is 0 Å². The summed E-state index contributed by atoms with van der Waals surface area (Å²) in [7, 11) is 3.66. The first kappa shape index (κ1) is 25.8. The number of likely N-dealkylation sites (tertiary alicyclic amines) is 1.